The standard InChI is InChI=1S/C26H24N6O/c1-2-30-11-13-31(14-12-30)26(33)22-9-7-20(8-10-22)23-18-32-24(16-29-25(32)17-28-23)21-5-3-19(15-27)4-6-21/h3-10,16-18H,2,11-14H2,1H3. The van der Waals surface area contributed by atoms with Gasteiger partial charge in [-0.25, -0.2) is 4.98 Å². The molecule has 0 spiro atoms. The lowest BCUT2D eigenvalue weighted by Gasteiger charge is -2.34. The summed E-state index contributed by atoms with van der Waals surface area (Å²) in [4.78, 5) is 26.2. The third-order valence-corrected chi connectivity index (χ3v) is 6.24. The van der Waals surface area contributed by atoms with Crippen molar-refractivity contribution in [2.75, 3.05) is 32.7 Å². The summed E-state index contributed by atoms with van der Waals surface area (Å²) < 4.78 is 2.00. The van der Waals surface area contributed by atoms with Crippen LogP contribution in [0.5, 0.6) is 0 Å². The van der Waals surface area contributed by atoms with Gasteiger partial charge in [0.2, 0.25) is 0 Å². The van der Waals surface area contributed by atoms with Gasteiger partial charge in [-0.1, -0.05) is 31.2 Å². The fourth-order valence-electron chi connectivity index (χ4n) is 4.20. The molecule has 4 aromatic rings. The van der Waals surface area contributed by atoms with Crippen molar-refractivity contribution in [2.45, 2.75) is 6.92 Å². The molecule has 2 aromatic carbocycles. The summed E-state index contributed by atoms with van der Waals surface area (Å²) in [5, 5.41) is 9.04. The monoisotopic (exact) mass is 436 g/mol. The van der Waals surface area contributed by atoms with Crippen LogP contribution >= 0.6 is 0 Å². The molecule has 0 atom stereocenters. The molecule has 0 saturated carbocycles. The van der Waals surface area contributed by atoms with Crippen LogP contribution in [-0.2, 0) is 0 Å². The van der Waals surface area contributed by atoms with Crippen molar-refractivity contribution in [3.63, 3.8) is 0 Å². The van der Waals surface area contributed by atoms with E-state index in [2.05, 4.69) is 27.9 Å². The van der Waals surface area contributed by atoms with Gasteiger partial charge in [0.05, 0.1) is 35.4 Å². The molecule has 5 rings (SSSR count). The maximum Gasteiger partial charge on any atom is 0.253 e. The lowest BCUT2D eigenvalue weighted by atomic mass is 10.1. The third kappa shape index (κ3) is 4.09. The summed E-state index contributed by atoms with van der Waals surface area (Å²) in [6.45, 7) is 6.57. The number of amides is 1. The Balaban J connectivity index is 1.39. The molecule has 0 aliphatic carbocycles. The molecule has 3 heterocycles. The van der Waals surface area contributed by atoms with Crippen molar-refractivity contribution in [3.05, 3.63) is 78.2 Å². The molecule has 0 radical (unpaired) electrons. The summed E-state index contributed by atoms with van der Waals surface area (Å²) in [5.41, 5.74) is 5.70. The maximum atomic E-state index is 12.9. The van der Waals surface area contributed by atoms with E-state index in [0.717, 1.165) is 60.9 Å². The van der Waals surface area contributed by atoms with Gasteiger partial charge in [-0.05, 0) is 30.8 Å². The van der Waals surface area contributed by atoms with Crippen molar-refractivity contribution in [2.24, 2.45) is 0 Å². The number of nitriles is 1. The number of nitrogens with zero attached hydrogens (tertiary/aromatic N) is 6. The zero-order valence-electron chi connectivity index (χ0n) is 18.5. The fraction of sp³-hybridized carbons (Fsp3) is 0.231. The van der Waals surface area contributed by atoms with Crippen LogP contribution in [0.1, 0.15) is 22.8 Å². The average molecular weight is 437 g/mol. The number of imidazole rings is 1. The molecule has 0 N–H and O–H groups in total. The molecule has 164 valence electrons. The van der Waals surface area contributed by atoms with E-state index in [1.54, 1.807) is 18.3 Å². The van der Waals surface area contributed by atoms with E-state index in [0.29, 0.717) is 11.1 Å². The zero-order valence-corrected chi connectivity index (χ0v) is 18.5. The van der Waals surface area contributed by atoms with Gasteiger partial charge >= 0.3 is 0 Å². The lowest BCUT2D eigenvalue weighted by Crippen LogP contribution is -2.48. The minimum absolute atomic E-state index is 0.0819. The highest BCUT2D eigenvalue weighted by Gasteiger charge is 2.21. The second-order valence-electron chi connectivity index (χ2n) is 8.14. The summed E-state index contributed by atoms with van der Waals surface area (Å²) in [7, 11) is 0. The second-order valence-corrected chi connectivity index (χ2v) is 8.14. The lowest BCUT2D eigenvalue weighted by molar-refractivity contribution is 0.0643. The minimum Gasteiger partial charge on any atom is -0.336 e. The second kappa shape index (κ2) is 8.85. The van der Waals surface area contributed by atoms with E-state index in [9.17, 15) is 4.79 Å². The molecular weight excluding hydrogens is 412 g/mol. The predicted molar refractivity (Wildman–Crippen MR) is 127 cm³/mol. The van der Waals surface area contributed by atoms with E-state index in [1.807, 2.05) is 58.1 Å². The molecular formula is C26H24N6O. The number of fused-ring (bicyclic) bond motifs is 1. The number of aromatic nitrogens is 3. The van der Waals surface area contributed by atoms with Crippen LogP contribution in [0.2, 0.25) is 0 Å². The largest absolute Gasteiger partial charge is 0.336 e. The zero-order chi connectivity index (χ0) is 22.8. The van der Waals surface area contributed by atoms with Gasteiger partial charge < -0.3 is 9.80 Å². The number of hydrogen-bond acceptors (Lipinski definition) is 5. The summed E-state index contributed by atoms with van der Waals surface area (Å²) in [6.07, 6.45) is 5.51. The Kier molecular flexibility index (Phi) is 5.59. The Morgan fingerprint density at radius 2 is 1.64 bits per heavy atom. The van der Waals surface area contributed by atoms with Gasteiger partial charge in [-0.3, -0.25) is 14.2 Å². The molecule has 0 bridgehead atoms. The molecule has 7 heteroatoms. The Hall–Kier alpha value is -4.02. The highest BCUT2D eigenvalue weighted by molar-refractivity contribution is 5.94. The van der Waals surface area contributed by atoms with E-state index >= 15 is 0 Å². The van der Waals surface area contributed by atoms with Crippen LogP contribution in [0, 0.1) is 11.3 Å². The normalized spacial score (nSPS) is 14.4. The van der Waals surface area contributed by atoms with E-state index in [1.165, 1.54) is 0 Å². The number of carbonyl (C=O) groups excluding carboxylic acids is 1. The number of rotatable bonds is 4. The Labute approximate surface area is 192 Å². The van der Waals surface area contributed by atoms with E-state index < -0.39 is 0 Å². The number of carbonyl (C=O) groups is 1. The molecule has 0 unspecified atom stereocenters. The first-order chi connectivity index (χ1) is 16.2. The van der Waals surface area contributed by atoms with E-state index in [4.69, 9.17) is 5.26 Å². The number of benzene rings is 2. The van der Waals surface area contributed by atoms with Crippen molar-refractivity contribution in [1.82, 2.24) is 24.2 Å². The average Bonchev–Trinajstić information content (AvgIpc) is 3.32. The highest BCUT2D eigenvalue weighted by Crippen LogP contribution is 2.24. The summed E-state index contributed by atoms with van der Waals surface area (Å²) in [5.74, 6) is 0.0819. The molecule has 2 aromatic heterocycles. The first-order valence-electron chi connectivity index (χ1n) is 11.1. The molecule has 1 aliphatic rings. The van der Waals surface area contributed by atoms with Gasteiger partial charge in [0.15, 0.2) is 5.65 Å². The fourth-order valence-corrected chi connectivity index (χ4v) is 4.20. The molecule has 33 heavy (non-hydrogen) atoms. The van der Waals surface area contributed by atoms with Gasteiger partial charge in [-0.2, -0.15) is 5.26 Å². The molecule has 1 saturated heterocycles. The highest BCUT2D eigenvalue weighted by atomic mass is 16.2. The van der Waals surface area contributed by atoms with E-state index in [-0.39, 0.29) is 5.91 Å². The molecule has 1 aliphatic heterocycles. The van der Waals surface area contributed by atoms with Crippen LogP contribution in [0.15, 0.2) is 67.1 Å². The van der Waals surface area contributed by atoms with Crippen molar-refractivity contribution in [1.29, 1.82) is 5.26 Å². The number of piperazine rings is 1. The van der Waals surface area contributed by atoms with Crippen LogP contribution in [-0.4, -0.2) is 62.8 Å². The Bertz CT molecular complexity index is 1330. The minimum atomic E-state index is 0.0819. The van der Waals surface area contributed by atoms with Crippen LogP contribution in [0.25, 0.3) is 28.2 Å². The van der Waals surface area contributed by atoms with Crippen LogP contribution in [0.4, 0.5) is 0 Å². The SMILES string of the molecule is CCN1CCN(C(=O)c2ccc(-c3cn4c(-c5ccc(C#N)cc5)cnc4cn3)cc2)CC1. The number of hydrogen-bond donors (Lipinski definition) is 0. The summed E-state index contributed by atoms with van der Waals surface area (Å²) in [6, 6.07) is 17.2. The van der Waals surface area contributed by atoms with Crippen molar-refractivity contribution >= 4 is 11.6 Å². The Morgan fingerprint density at radius 1 is 0.939 bits per heavy atom. The van der Waals surface area contributed by atoms with Gasteiger partial charge in [-0.15, -0.1) is 0 Å². The maximum absolute atomic E-state index is 12.9. The third-order valence-electron chi connectivity index (χ3n) is 6.24. The Morgan fingerprint density at radius 3 is 2.30 bits per heavy atom. The van der Waals surface area contributed by atoms with Crippen LogP contribution in [0.3, 0.4) is 0 Å². The quantitative estimate of drug-likeness (QED) is 0.487. The van der Waals surface area contributed by atoms with Crippen LogP contribution < -0.4 is 0 Å². The van der Waals surface area contributed by atoms with Crippen molar-refractivity contribution in [3.8, 4) is 28.6 Å². The molecule has 1 fully saturated rings. The molecule has 7 nitrogen and oxygen atoms in total. The first kappa shape index (κ1) is 20.9. The number of likely N-dealkylation sites (N-methyl/N-ethyl adjacent to an activating group) is 1. The molecule has 1 amide bonds. The predicted octanol–water partition coefficient (Wildman–Crippen LogP) is 3.71. The van der Waals surface area contributed by atoms with Gasteiger partial charge in [0.1, 0.15) is 0 Å². The van der Waals surface area contributed by atoms with Gasteiger partial charge in [0.25, 0.3) is 5.91 Å². The van der Waals surface area contributed by atoms with Crippen molar-refractivity contribution < 1.29 is 4.79 Å². The summed E-state index contributed by atoms with van der Waals surface area (Å²) >= 11 is 0. The topological polar surface area (TPSA) is 77.5 Å². The first-order valence-corrected chi connectivity index (χ1v) is 11.1. The smallest absolute Gasteiger partial charge is 0.253 e. The van der Waals surface area contributed by atoms with Gasteiger partial charge in [0, 0.05) is 49.1 Å².